The second-order valence-corrected chi connectivity index (χ2v) is 6.68. The first-order valence-corrected chi connectivity index (χ1v) is 8.43. The molecule has 1 amide bonds. The van der Waals surface area contributed by atoms with Crippen molar-refractivity contribution in [1.82, 2.24) is 9.88 Å². The fourth-order valence-electron chi connectivity index (χ4n) is 3.40. The topological polar surface area (TPSA) is 36.4 Å². The molecule has 0 bridgehead atoms. The zero-order chi connectivity index (χ0) is 16.1. The smallest absolute Gasteiger partial charge is 0.254 e. The summed E-state index contributed by atoms with van der Waals surface area (Å²) in [6, 6.07) is 4.43. The van der Waals surface area contributed by atoms with Crippen molar-refractivity contribution >= 4 is 11.7 Å². The molecule has 0 aromatic carbocycles. The zero-order valence-electron chi connectivity index (χ0n) is 14.4. The lowest BCUT2D eigenvalue weighted by Crippen LogP contribution is -2.35. The van der Waals surface area contributed by atoms with Crippen molar-refractivity contribution < 1.29 is 4.79 Å². The highest BCUT2D eigenvalue weighted by atomic mass is 16.2. The zero-order valence-corrected chi connectivity index (χ0v) is 14.4. The Kier molecular flexibility index (Phi) is 5.81. The van der Waals surface area contributed by atoms with E-state index < -0.39 is 0 Å². The molecule has 1 saturated carbocycles. The SMILES string of the molecule is CCCC1CCC(N(C)c2ccc(C(=O)N(C)C)cn2)CC1. The number of amides is 1. The van der Waals surface area contributed by atoms with Crippen LogP contribution >= 0.6 is 0 Å². The summed E-state index contributed by atoms with van der Waals surface area (Å²) in [6.07, 6.45) is 9.53. The molecule has 1 aliphatic rings. The number of rotatable bonds is 5. The van der Waals surface area contributed by atoms with Crippen LogP contribution in [0.2, 0.25) is 0 Å². The van der Waals surface area contributed by atoms with Crippen molar-refractivity contribution in [3.05, 3.63) is 23.9 Å². The monoisotopic (exact) mass is 303 g/mol. The fourth-order valence-corrected chi connectivity index (χ4v) is 3.40. The minimum Gasteiger partial charge on any atom is -0.357 e. The normalized spacial score (nSPS) is 21.5. The molecular weight excluding hydrogens is 274 g/mol. The minimum atomic E-state index is 0.00165. The van der Waals surface area contributed by atoms with Gasteiger partial charge >= 0.3 is 0 Å². The Bertz CT molecular complexity index is 476. The molecule has 2 rings (SSSR count). The van der Waals surface area contributed by atoms with Gasteiger partial charge in [0, 0.05) is 33.4 Å². The van der Waals surface area contributed by atoms with Gasteiger partial charge in [-0.2, -0.15) is 0 Å². The van der Waals surface area contributed by atoms with Crippen molar-refractivity contribution in [2.24, 2.45) is 5.92 Å². The Morgan fingerprint density at radius 1 is 1.18 bits per heavy atom. The van der Waals surface area contributed by atoms with Crippen molar-refractivity contribution in [3.63, 3.8) is 0 Å². The van der Waals surface area contributed by atoms with Crippen molar-refractivity contribution in [1.29, 1.82) is 0 Å². The number of anilines is 1. The Labute approximate surface area is 134 Å². The van der Waals surface area contributed by atoms with Gasteiger partial charge in [-0.25, -0.2) is 4.98 Å². The van der Waals surface area contributed by atoms with Gasteiger partial charge in [0.05, 0.1) is 5.56 Å². The summed E-state index contributed by atoms with van der Waals surface area (Å²) in [5.74, 6) is 1.89. The van der Waals surface area contributed by atoms with E-state index in [0.717, 1.165) is 11.7 Å². The number of nitrogens with zero attached hydrogens (tertiary/aromatic N) is 3. The molecule has 122 valence electrons. The summed E-state index contributed by atoms with van der Waals surface area (Å²) in [6.45, 7) is 2.28. The molecule has 0 spiro atoms. The molecule has 0 unspecified atom stereocenters. The van der Waals surface area contributed by atoms with Crippen LogP contribution in [-0.4, -0.2) is 43.0 Å². The highest BCUT2D eigenvalue weighted by Crippen LogP contribution is 2.31. The summed E-state index contributed by atoms with van der Waals surface area (Å²) < 4.78 is 0. The van der Waals surface area contributed by atoms with E-state index in [1.807, 2.05) is 12.1 Å². The molecule has 1 fully saturated rings. The van der Waals surface area contributed by atoms with Crippen LogP contribution in [0.15, 0.2) is 18.3 Å². The fraction of sp³-hybridized carbons (Fsp3) is 0.667. The molecule has 4 heteroatoms. The van der Waals surface area contributed by atoms with Gasteiger partial charge in [-0.3, -0.25) is 4.79 Å². The summed E-state index contributed by atoms with van der Waals surface area (Å²) in [7, 11) is 5.65. The first-order valence-electron chi connectivity index (χ1n) is 8.43. The molecule has 0 aliphatic heterocycles. The third-order valence-electron chi connectivity index (χ3n) is 4.82. The maximum Gasteiger partial charge on any atom is 0.254 e. The number of carbonyl (C=O) groups excluding carboxylic acids is 1. The molecule has 0 atom stereocenters. The molecular formula is C18H29N3O. The largest absolute Gasteiger partial charge is 0.357 e. The van der Waals surface area contributed by atoms with Gasteiger partial charge in [0.1, 0.15) is 5.82 Å². The molecule has 0 saturated heterocycles. The molecule has 1 aromatic heterocycles. The molecule has 1 aliphatic carbocycles. The van der Waals surface area contributed by atoms with E-state index in [1.54, 1.807) is 25.2 Å². The summed E-state index contributed by atoms with van der Waals surface area (Å²) in [5.41, 5.74) is 0.647. The van der Waals surface area contributed by atoms with Crippen LogP contribution in [0.5, 0.6) is 0 Å². The predicted molar refractivity (Wildman–Crippen MR) is 91.3 cm³/mol. The van der Waals surface area contributed by atoms with Crippen LogP contribution in [0.3, 0.4) is 0 Å². The Morgan fingerprint density at radius 3 is 2.36 bits per heavy atom. The average molecular weight is 303 g/mol. The highest BCUT2D eigenvalue weighted by molar-refractivity contribution is 5.93. The standard InChI is InChI=1S/C18H29N3O/c1-5-6-14-7-10-16(11-8-14)21(4)17-12-9-15(13-19-17)18(22)20(2)3/h9,12-14,16H,5-8,10-11H2,1-4H3. The van der Waals surface area contributed by atoms with Crippen LogP contribution in [0.1, 0.15) is 55.8 Å². The predicted octanol–water partition coefficient (Wildman–Crippen LogP) is 3.58. The van der Waals surface area contributed by atoms with Gasteiger partial charge in [-0.1, -0.05) is 19.8 Å². The van der Waals surface area contributed by atoms with Crippen molar-refractivity contribution in [2.75, 3.05) is 26.0 Å². The Balaban J connectivity index is 1.96. The van der Waals surface area contributed by atoms with Crippen LogP contribution < -0.4 is 4.90 Å². The maximum absolute atomic E-state index is 11.9. The van der Waals surface area contributed by atoms with Gasteiger partial charge in [-0.15, -0.1) is 0 Å². The van der Waals surface area contributed by atoms with Crippen molar-refractivity contribution in [2.45, 2.75) is 51.5 Å². The summed E-state index contributed by atoms with van der Waals surface area (Å²) >= 11 is 0. The second-order valence-electron chi connectivity index (χ2n) is 6.68. The third-order valence-corrected chi connectivity index (χ3v) is 4.82. The Morgan fingerprint density at radius 2 is 1.86 bits per heavy atom. The lowest BCUT2D eigenvalue weighted by atomic mass is 9.83. The summed E-state index contributed by atoms with van der Waals surface area (Å²) in [4.78, 5) is 20.3. The average Bonchev–Trinajstić information content (AvgIpc) is 2.54. The van der Waals surface area contributed by atoms with E-state index in [2.05, 4.69) is 23.9 Å². The first kappa shape index (κ1) is 16.8. The van der Waals surface area contributed by atoms with Crippen LogP contribution in [0.4, 0.5) is 5.82 Å². The molecule has 1 heterocycles. The lowest BCUT2D eigenvalue weighted by molar-refractivity contribution is 0.0827. The molecule has 1 aromatic rings. The molecule has 0 radical (unpaired) electrons. The second kappa shape index (κ2) is 7.61. The van der Waals surface area contributed by atoms with E-state index in [9.17, 15) is 4.79 Å². The summed E-state index contributed by atoms with van der Waals surface area (Å²) in [5, 5.41) is 0. The van der Waals surface area contributed by atoms with E-state index in [1.165, 1.54) is 38.5 Å². The van der Waals surface area contributed by atoms with E-state index in [0.29, 0.717) is 11.6 Å². The number of carbonyl (C=O) groups is 1. The number of pyridine rings is 1. The van der Waals surface area contributed by atoms with Gasteiger partial charge in [0.25, 0.3) is 5.91 Å². The Hall–Kier alpha value is -1.58. The van der Waals surface area contributed by atoms with Crippen LogP contribution in [-0.2, 0) is 0 Å². The maximum atomic E-state index is 11.9. The molecule has 0 N–H and O–H groups in total. The van der Waals surface area contributed by atoms with Crippen molar-refractivity contribution in [3.8, 4) is 0 Å². The van der Waals surface area contributed by atoms with Crippen LogP contribution in [0.25, 0.3) is 0 Å². The first-order chi connectivity index (χ1) is 10.5. The lowest BCUT2D eigenvalue weighted by Gasteiger charge is -2.35. The van der Waals surface area contributed by atoms with Gasteiger partial charge < -0.3 is 9.80 Å². The quantitative estimate of drug-likeness (QED) is 0.834. The van der Waals surface area contributed by atoms with Gasteiger partial charge in [0.2, 0.25) is 0 Å². The molecule has 22 heavy (non-hydrogen) atoms. The number of aromatic nitrogens is 1. The van der Waals surface area contributed by atoms with E-state index in [-0.39, 0.29) is 5.91 Å². The van der Waals surface area contributed by atoms with E-state index in [4.69, 9.17) is 0 Å². The number of hydrogen-bond acceptors (Lipinski definition) is 3. The highest BCUT2D eigenvalue weighted by Gasteiger charge is 2.24. The third kappa shape index (κ3) is 3.99. The van der Waals surface area contributed by atoms with E-state index >= 15 is 0 Å². The van der Waals surface area contributed by atoms with Gasteiger partial charge in [0.15, 0.2) is 0 Å². The molecule has 4 nitrogen and oxygen atoms in total. The minimum absolute atomic E-state index is 0.00165. The van der Waals surface area contributed by atoms with Gasteiger partial charge in [-0.05, 0) is 43.7 Å². The van der Waals surface area contributed by atoms with Crippen LogP contribution in [0, 0.1) is 5.92 Å². The number of hydrogen-bond donors (Lipinski definition) is 0.